The van der Waals surface area contributed by atoms with E-state index in [-0.39, 0.29) is 6.32 Å². The SMILES string of the molecule is O=S(=O)(c1cnc(N2CCC2)c(-c2cc3ccccc3[nH]2)c1)N1CCC1.[HH]. The van der Waals surface area contributed by atoms with Crippen LogP contribution in [0.4, 0.5) is 5.82 Å². The van der Waals surface area contributed by atoms with E-state index in [1.807, 2.05) is 24.3 Å². The molecular weight excluding hydrogens is 348 g/mol. The Morgan fingerprint density at radius 3 is 2.46 bits per heavy atom. The molecule has 2 fully saturated rings. The van der Waals surface area contributed by atoms with Gasteiger partial charge in [0.1, 0.15) is 10.7 Å². The molecule has 2 aliphatic rings. The molecule has 0 spiro atoms. The maximum absolute atomic E-state index is 12.8. The number of aromatic nitrogens is 2. The van der Waals surface area contributed by atoms with Gasteiger partial charge < -0.3 is 9.88 Å². The molecule has 2 aliphatic heterocycles. The number of H-pyrrole nitrogens is 1. The second kappa shape index (κ2) is 5.82. The van der Waals surface area contributed by atoms with Gasteiger partial charge in [-0.15, -0.1) is 0 Å². The van der Waals surface area contributed by atoms with Gasteiger partial charge in [0.2, 0.25) is 10.0 Å². The number of fused-ring (bicyclic) bond motifs is 1. The fourth-order valence-corrected chi connectivity index (χ4v) is 4.94. The average Bonchev–Trinajstić information content (AvgIpc) is 2.95. The molecule has 5 rings (SSSR count). The zero-order valence-electron chi connectivity index (χ0n) is 14.4. The van der Waals surface area contributed by atoms with Gasteiger partial charge in [0, 0.05) is 50.3 Å². The molecule has 26 heavy (non-hydrogen) atoms. The Labute approximate surface area is 154 Å². The second-order valence-electron chi connectivity index (χ2n) is 6.91. The minimum Gasteiger partial charge on any atom is -0.356 e. The fraction of sp³-hybridized carbons (Fsp3) is 0.316. The van der Waals surface area contributed by atoms with Gasteiger partial charge in [-0.1, -0.05) is 18.2 Å². The zero-order chi connectivity index (χ0) is 17.7. The van der Waals surface area contributed by atoms with Crippen molar-refractivity contribution in [3.63, 3.8) is 0 Å². The van der Waals surface area contributed by atoms with E-state index >= 15 is 0 Å². The molecule has 7 heteroatoms. The molecule has 6 nitrogen and oxygen atoms in total. The summed E-state index contributed by atoms with van der Waals surface area (Å²) < 4.78 is 27.1. The van der Waals surface area contributed by atoms with Crippen molar-refractivity contribution < 1.29 is 9.84 Å². The number of hydrogen-bond donors (Lipinski definition) is 1. The van der Waals surface area contributed by atoms with E-state index in [9.17, 15) is 8.42 Å². The summed E-state index contributed by atoms with van der Waals surface area (Å²) in [6, 6.07) is 11.9. The molecule has 3 aromatic rings. The standard InChI is InChI=1S/C19H20N4O2S.H2/c24-26(25,23-9-4-10-23)15-12-16(19(20-13-15)22-7-3-8-22)18-11-14-5-1-2-6-17(14)21-18;/h1-2,5-6,11-13,21H,3-4,7-10H2;1H. The van der Waals surface area contributed by atoms with Gasteiger partial charge in [-0.25, -0.2) is 13.4 Å². The van der Waals surface area contributed by atoms with Crippen LogP contribution in [0.3, 0.4) is 0 Å². The first-order chi connectivity index (χ1) is 12.6. The Morgan fingerprint density at radius 1 is 1.04 bits per heavy atom. The van der Waals surface area contributed by atoms with Crippen LogP contribution in [0.2, 0.25) is 0 Å². The molecule has 0 radical (unpaired) electrons. The van der Waals surface area contributed by atoms with E-state index in [0.717, 1.165) is 53.9 Å². The predicted molar refractivity (Wildman–Crippen MR) is 104 cm³/mol. The third-order valence-corrected chi connectivity index (χ3v) is 7.13. The molecule has 4 heterocycles. The van der Waals surface area contributed by atoms with Gasteiger partial charge in [-0.2, -0.15) is 4.31 Å². The molecule has 0 atom stereocenters. The maximum atomic E-state index is 12.8. The Kier molecular flexibility index (Phi) is 3.55. The molecule has 0 amide bonds. The lowest BCUT2D eigenvalue weighted by Crippen LogP contribution is -2.42. The van der Waals surface area contributed by atoms with Gasteiger partial charge in [0.25, 0.3) is 0 Å². The van der Waals surface area contributed by atoms with Gasteiger partial charge in [-0.05, 0) is 31.0 Å². The number of nitrogens with one attached hydrogen (secondary N) is 1. The number of anilines is 1. The first kappa shape index (κ1) is 15.8. The minimum absolute atomic E-state index is 0. The van der Waals surface area contributed by atoms with Gasteiger partial charge in [-0.3, -0.25) is 0 Å². The van der Waals surface area contributed by atoms with Crippen LogP contribution in [0.1, 0.15) is 14.3 Å². The Balaban J connectivity index is 0.00000180. The summed E-state index contributed by atoms with van der Waals surface area (Å²) in [7, 11) is -3.46. The lowest BCUT2D eigenvalue weighted by Gasteiger charge is -2.34. The normalized spacial score (nSPS) is 17.9. The van der Waals surface area contributed by atoms with Crippen LogP contribution in [-0.4, -0.2) is 48.9 Å². The predicted octanol–water partition coefficient (Wildman–Crippen LogP) is 3.08. The highest BCUT2D eigenvalue weighted by molar-refractivity contribution is 7.89. The van der Waals surface area contributed by atoms with Crippen molar-refractivity contribution in [3.8, 4) is 11.3 Å². The van der Waals surface area contributed by atoms with Crippen LogP contribution in [0.15, 0.2) is 47.5 Å². The van der Waals surface area contributed by atoms with E-state index in [4.69, 9.17) is 0 Å². The van der Waals surface area contributed by atoms with Crippen molar-refractivity contribution in [1.82, 2.24) is 14.3 Å². The van der Waals surface area contributed by atoms with Crippen molar-refractivity contribution >= 4 is 26.7 Å². The van der Waals surface area contributed by atoms with E-state index in [0.29, 0.717) is 13.1 Å². The average molecular weight is 370 g/mol. The summed E-state index contributed by atoms with van der Waals surface area (Å²) in [5.74, 6) is 0.852. The molecule has 0 aliphatic carbocycles. The van der Waals surface area contributed by atoms with E-state index in [1.165, 1.54) is 10.5 Å². The Bertz CT molecular complexity index is 1060. The lowest BCUT2D eigenvalue weighted by molar-refractivity contribution is 0.309. The number of benzene rings is 1. The molecular formula is C19H22N4O2S. The highest BCUT2D eigenvalue weighted by atomic mass is 32.2. The topological polar surface area (TPSA) is 69.3 Å². The van der Waals surface area contributed by atoms with Gasteiger partial charge >= 0.3 is 0 Å². The van der Waals surface area contributed by atoms with E-state index in [1.54, 1.807) is 6.07 Å². The molecule has 0 bridgehead atoms. The molecule has 136 valence electrons. The number of aromatic amines is 1. The van der Waals surface area contributed by atoms with Crippen molar-refractivity contribution in [2.24, 2.45) is 0 Å². The maximum Gasteiger partial charge on any atom is 0.244 e. The first-order valence-corrected chi connectivity index (χ1v) is 10.4. The molecule has 2 saturated heterocycles. The van der Waals surface area contributed by atoms with Gasteiger partial charge in [0.15, 0.2) is 0 Å². The van der Waals surface area contributed by atoms with Crippen molar-refractivity contribution in [2.75, 3.05) is 31.1 Å². The molecule has 2 aromatic heterocycles. The highest BCUT2D eigenvalue weighted by Gasteiger charge is 2.31. The quantitative estimate of drug-likeness (QED) is 0.766. The highest BCUT2D eigenvalue weighted by Crippen LogP contribution is 2.35. The van der Waals surface area contributed by atoms with E-state index in [2.05, 4.69) is 20.9 Å². The largest absolute Gasteiger partial charge is 0.356 e. The lowest BCUT2D eigenvalue weighted by atomic mass is 10.1. The summed E-state index contributed by atoms with van der Waals surface area (Å²) in [5, 5.41) is 1.10. The third-order valence-electron chi connectivity index (χ3n) is 5.27. The minimum atomic E-state index is -3.46. The van der Waals surface area contributed by atoms with Crippen LogP contribution in [-0.2, 0) is 10.0 Å². The summed E-state index contributed by atoms with van der Waals surface area (Å²) in [6.45, 7) is 3.10. The molecule has 1 N–H and O–H groups in total. The monoisotopic (exact) mass is 370 g/mol. The number of para-hydroxylation sites is 1. The molecule has 0 unspecified atom stereocenters. The third kappa shape index (κ3) is 2.42. The number of hydrogen-bond acceptors (Lipinski definition) is 4. The summed E-state index contributed by atoms with van der Waals surface area (Å²) >= 11 is 0. The Morgan fingerprint density at radius 2 is 1.81 bits per heavy atom. The molecule has 0 saturated carbocycles. The summed E-state index contributed by atoms with van der Waals surface area (Å²) in [4.78, 5) is 10.4. The number of sulfonamides is 1. The smallest absolute Gasteiger partial charge is 0.244 e. The Hall–Kier alpha value is -2.38. The fourth-order valence-electron chi connectivity index (χ4n) is 3.45. The first-order valence-electron chi connectivity index (χ1n) is 8.96. The van der Waals surface area contributed by atoms with Crippen molar-refractivity contribution in [1.29, 1.82) is 0 Å². The van der Waals surface area contributed by atoms with Crippen molar-refractivity contribution in [3.05, 3.63) is 42.6 Å². The van der Waals surface area contributed by atoms with Crippen LogP contribution >= 0.6 is 0 Å². The van der Waals surface area contributed by atoms with Crippen LogP contribution < -0.4 is 4.90 Å². The van der Waals surface area contributed by atoms with Crippen LogP contribution in [0.25, 0.3) is 22.2 Å². The zero-order valence-corrected chi connectivity index (χ0v) is 15.2. The summed E-state index contributed by atoms with van der Waals surface area (Å²) in [5.41, 5.74) is 2.79. The van der Waals surface area contributed by atoms with E-state index < -0.39 is 10.0 Å². The number of rotatable bonds is 4. The van der Waals surface area contributed by atoms with Crippen LogP contribution in [0.5, 0.6) is 0 Å². The molecule has 1 aromatic carbocycles. The van der Waals surface area contributed by atoms with Gasteiger partial charge in [0.05, 0.1) is 5.69 Å². The number of nitrogens with zero attached hydrogens (tertiary/aromatic N) is 3. The van der Waals surface area contributed by atoms with Crippen LogP contribution in [0, 0.1) is 0 Å². The number of pyridine rings is 1. The van der Waals surface area contributed by atoms with Crippen molar-refractivity contribution in [2.45, 2.75) is 17.7 Å². The second-order valence-corrected chi connectivity index (χ2v) is 8.85. The summed E-state index contributed by atoms with van der Waals surface area (Å²) in [6.07, 6.45) is 3.57.